The smallest absolute Gasteiger partial charge is 0.0994 e. The summed E-state index contributed by atoms with van der Waals surface area (Å²) in [6.07, 6.45) is 8.80. The zero-order valence-corrected chi connectivity index (χ0v) is 11.6. The highest BCUT2D eigenvalue weighted by molar-refractivity contribution is 5.50. The molecule has 1 aromatic rings. The van der Waals surface area contributed by atoms with E-state index in [0.717, 1.165) is 18.1 Å². The summed E-state index contributed by atoms with van der Waals surface area (Å²) in [6, 6.07) is 0.536. The molecule has 3 unspecified atom stereocenters. The topological polar surface area (TPSA) is 28.3 Å². The van der Waals surface area contributed by atoms with E-state index >= 15 is 0 Å². The first-order valence-electron chi connectivity index (χ1n) is 7.19. The molecule has 0 saturated carbocycles. The minimum atomic E-state index is 0.536. The SMILES string of the molecule is COC1=CC=c2[nH]c3c(c2=CC1)C1CCN(C1)C3C. The van der Waals surface area contributed by atoms with Crippen LogP contribution in [0, 0.1) is 0 Å². The highest BCUT2D eigenvalue weighted by Crippen LogP contribution is 2.39. The van der Waals surface area contributed by atoms with E-state index in [2.05, 4.69) is 35.0 Å². The van der Waals surface area contributed by atoms with E-state index in [1.807, 2.05) is 0 Å². The Morgan fingerprint density at radius 2 is 2.26 bits per heavy atom. The van der Waals surface area contributed by atoms with Crippen LogP contribution in [0.3, 0.4) is 0 Å². The lowest BCUT2D eigenvalue weighted by Crippen LogP contribution is -2.31. The van der Waals surface area contributed by atoms with Gasteiger partial charge in [-0.2, -0.15) is 0 Å². The van der Waals surface area contributed by atoms with Gasteiger partial charge in [0.1, 0.15) is 0 Å². The maximum Gasteiger partial charge on any atom is 0.0994 e. The van der Waals surface area contributed by atoms with Crippen molar-refractivity contribution in [3.8, 4) is 0 Å². The number of aromatic amines is 1. The van der Waals surface area contributed by atoms with Gasteiger partial charge in [0.05, 0.1) is 12.9 Å². The number of aromatic nitrogens is 1. The van der Waals surface area contributed by atoms with Crippen LogP contribution in [0.25, 0.3) is 12.2 Å². The number of ether oxygens (including phenoxy) is 1. The number of nitrogens with one attached hydrogen (secondary N) is 1. The molecule has 1 N–H and O–H groups in total. The van der Waals surface area contributed by atoms with Crippen molar-refractivity contribution in [2.45, 2.75) is 31.7 Å². The maximum atomic E-state index is 5.37. The molecule has 2 bridgehead atoms. The average molecular weight is 256 g/mol. The molecule has 1 fully saturated rings. The van der Waals surface area contributed by atoms with Crippen molar-refractivity contribution < 1.29 is 4.74 Å². The van der Waals surface area contributed by atoms with Crippen LogP contribution in [0.1, 0.15) is 43.0 Å². The van der Waals surface area contributed by atoms with Gasteiger partial charge in [-0.1, -0.05) is 6.08 Å². The second kappa shape index (κ2) is 4.01. The van der Waals surface area contributed by atoms with Crippen LogP contribution < -0.4 is 10.6 Å². The Balaban J connectivity index is 1.94. The molecule has 3 atom stereocenters. The summed E-state index contributed by atoms with van der Waals surface area (Å²) in [5, 5.41) is 2.69. The summed E-state index contributed by atoms with van der Waals surface area (Å²) in [5.74, 6) is 1.76. The zero-order valence-electron chi connectivity index (χ0n) is 11.6. The number of nitrogens with zero attached hydrogens (tertiary/aromatic N) is 1. The average Bonchev–Trinajstić information content (AvgIpc) is 2.95. The van der Waals surface area contributed by atoms with Crippen molar-refractivity contribution in [2.75, 3.05) is 20.2 Å². The first-order chi connectivity index (χ1) is 9.28. The molecule has 3 heterocycles. The fourth-order valence-electron chi connectivity index (χ4n) is 3.85. The summed E-state index contributed by atoms with van der Waals surface area (Å²) in [7, 11) is 1.75. The third-order valence-electron chi connectivity index (χ3n) is 4.94. The fraction of sp³-hybridized carbons (Fsp3) is 0.500. The molecular weight excluding hydrogens is 236 g/mol. The second-order valence-corrected chi connectivity index (χ2v) is 5.85. The number of hydrogen-bond acceptors (Lipinski definition) is 2. The zero-order chi connectivity index (χ0) is 13.0. The van der Waals surface area contributed by atoms with Crippen LogP contribution in [0.4, 0.5) is 0 Å². The highest BCUT2D eigenvalue weighted by atomic mass is 16.5. The van der Waals surface area contributed by atoms with Crippen LogP contribution in [0.15, 0.2) is 11.8 Å². The van der Waals surface area contributed by atoms with Gasteiger partial charge >= 0.3 is 0 Å². The number of fused-ring (bicyclic) bond motifs is 6. The van der Waals surface area contributed by atoms with Crippen molar-refractivity contribution in [1.82, 2.24) is 9.88 Å². The van der Waals surface area contributed by atoms with Crippen LogP contribution in [-0.2, 0) is 4.74 Å². The minimum Gasteiger partial charge on any atom is -0.501 e. The lowest BCUT2D eigenvalue weighted by atomic mass is 9.92. The van der Waals surface area contributed by atoms with Gasteiger partial charge in [0.2, 0.25) is 0 Å². The Morgan fingerprint density at radius 1 is 1.37 bits per heavy atom. The van der Waals surface area contributed by atoms with E-state index in [1.165, 1.54) is 35.8 Å². The van der Waals surface area contributed by atoms with Gasteiger partial charge in [-0.05, 0) is 42.8 Å². The van der Waals surface area contributed by atoms with Crippen molar-refractivity contribution in [1.29, 1.82) is 0 Å². The lowest BCUT2D eigenvalue weighted by Gasteiger charge is -2.29. The van der Waals surface area contributed by atoms with Gasteiger partial charge in [0.25, 0.3) is 0 Å². The lowest BCUT2D eigenvalue weighted by molar-refractivity contribution is 0.243. The molecule has 0 spiro atoms. The Morgan fingerprint density at radius 3 is 3.11 bits per heavy atom. The molecule has 0 radical (unpaired) electrons. The van der Waals surface area contributed by atoms with E-state index in [-0.39, 0.29) is 0 Å². The molecule has 19 heavy (non-hydrogen) atoms. The summed E-state index contributed by atoms with van der Waals surface area (Å²) in [4.78, 5) is 6.26. The number of methoxy groups -OCH3 is 1. The van der Waals surface area contributed by atoms with Crippen LogP contribution in [0.2, 0.25) is 0 Å². The third kappa shape index (κ3) is 1.54. The molecule has 0 aromatic carbocycles. The Bertz CT molecular complexity index is 668. The van der Waals surface area contributed by atoms with Gasteiger partial charge in [0.15, 0.2) is 0 Å². The standard InChI is InChI=1S/C16H20N2O/c1-10-16-15(11-7-8-18(10)9-11)13-5-3-12(19-2)4-6-14(13)17-16/h4-6,10-11,17H,3,7-9H2,1-2H3. The number of hydrogen-bond donors (Lipinski definition) is 1. The number of allylic oxidation sites excluding steroid dienone is 2. The summed E-state index contributed by atoms with van der Waals surface area (Å²) < 4.78 is 5.37. The first-order valence-corrected chi connectivity index (χ1v) is 7.19. The molecule has 2 aliphatic heterocycles. The molecule has 3 aliphatic rings. The first kappa shape index (κ1) is 11.4. The quantitative estimate of drug-likeness (QED) is 0.822. The van der Waals surface area contributed by atoms with Crippen LogP contribution >= 0.6 is 0 Å². The Kier molecular flexibility index (Phi) is 2.39. The summed E-state index contributed by atoms with van der Waals surface area (Å²) in [6.45, 7) is 4.80. The second-order valence-electron chi connectivity index (χ2n) is 5.85. The monoisotopic (exact) mass is 256 g/mol. The predicted molar refractivity (Wildman–Crippen MR) is 76.0 cm³/mol. The highest BCUT2D eigenvalue weighted by Gasteiger charge is 2.37. The van der Waals surface area contributed by atoms with E-state index < -0.39 is 0 Å². The van der Waals surface area contributed by atoms with Gasteiger partial charge < -0.3 is 9.72 Å². The van der Waals surface area contributed by atoms with Crippen molar-refractivity contribution in [2.24, 2.45) is 0 Å². The predicted octanol–water partition coefficient (Wildman–Crippen LogP) is 1.37. The Labute approximate surface area is 113 Å². The molecule has 1 aliphatic carbocycles. The molecule has 1 aromatic heterocycles. The molecule has 3 nitrogen and oxygen atoms in total. The number of rotatable bonds is 1. The molecule has 3 heteroatoms. The van der Waals surface area contributed by atoms with E-state index in [0.29, 0.717) is 6.04 Å². The summed E-state index contributed by atoms with van der Waals surface area (Å²) in [5.41, 5.74) is 3.03. The molecule has 0 amide bonds. The normalized spacial score (nSPS) is 31.5. The Hall–Kier alpha value is -1.48. The largest absolute Gasteiger partial charge is 0.501 e. The van der Waals surface area contributed by atoms with Gasteiger partial charge in [-0.3, -0.25) is 4.90 Å². The summed E-state index contributed by atoms with van der Waals surface area (Å²) >= 11 is 0. The minimum absolute atomic E-state index is 0.536. The molecular formula is C16H20N2O. The van der Waals surface area contributed by atoms with E-state index in [4.69, 9.17) is 4.74 Å². The van der Waals surface area contributed by atoms with Crippen LogP contribution in [0.5, 0.6) is 0 Å². The van der Waals surface area contributed by atoms with Crippen LogP contribution in [-0.4, -0.2) is 30.1 Å². The molecule has 100 valence electrons. The van der Waals surface area contributed by atoms with Crippen molar-refractivity contribution >= 4 is 12.2 Å². The third-order valence-corrected chi connectivity index (χ3v) is 4.94. The molecule has 4 rings (SSSR count). The number of H-pyrrole nitrogens is 1. The van der Waals surface area contributed by atoms with Gasteiger partial charge in [0, 0.05) is 36.0 Å². The van der Waals surface area contributed by atoms with Gasteiger partial charge in [-0.25, -0.2) is 0 Å². The molecule has 1 saturated heterocycles. The van der Waals surface area contributed by atoms with Gasteiger partial charge in [-0.15, -0.1) is 0 Å². The maximum absolute atomic E-state index is 5.37. The van der Waals surface area contributed by atoms with Crippen molar-refractivity contribution in [3.05, 3.63) is 33.7 Å². The van der Waals surface area contributed by atoms with Crippen molar-refractivity contribution in [3.63, 3.8) is 0 Å². The van der Waals surface area contributed by atoms with E-state index in [9.17, 15) is 0 Å². The fourth-order valence-corrected chi connectivity index (χ4v) is 3.85. The van der Waals surface area contributed by atoms with E-state index in [1.54, 1.807) is 12.7 Å².